The van der Waals surface area contributed by atoms with Gasteiger partial charge in [-0.1, -0.05) is 0 Å². The second kappa shape index (κ2) is 3.30. The topological polar surface area (TPSA) is 69.6 Å². The van der Waals surface area contributed by atoms with Gasteiger partial charge in [-0.25, -0.2) is 14.6 Å². The molecular weight excluding hydrogens is 210 g/mol. The van der Waals surface area contributed by atoms with Gasteiger partial charge < -0.3 is 5.73 Å². The Labute approximate surface area is 91.0 Å². The van der Waals surface area contributed by atoms with Gasteiger partial charge in [0, 0.05) is 11.9 Å². The Morgan fingerprint density at radius 3 is 3.07 bits per heavy atom. The van der Waals surface area contributed by atoms with E-state index in [4.69, 9.17) is 5.73 Å². The highest BCUT2D eigenvalue weighted by molar-refractivity contribution is 7.13. The lowest BCUT2D eigenvalue weighted by Gasteiger charge is -2.01. The lowest BCUT2D eigenvalue weighted by Crippen LogP contribution is -2.04. The van der Waals surface area contributed by atoms with Crippen LogP contribution < -0.4 is 5.73 Å². The van der Waals surface area contributed by atoms with Crippen molar-refractivity contribution in [2.24, 2.45) is 5.92 Å². The van der Waals surface area contributed by atoms with Gasteiger partial charge in [-0.05, 0) is 18.8 Å². The van der Waals surface area contributed by atoms with Crippen LogP contribution in [0.15, 0.2) is 11.7 Å². The van der Waals surface area contributed by atoms with Crippen LogP contribution in [-0.4, -0.2) is 19.7 Å². The van der Waals surface area contributed by atoms with E-state index in [1.165, 1.54) is 24.2 Å². The Morgan fingerprint density at radius 1 is 1.53 bits per heavy atom. The number of rotatable bonds is 3. The molecule has 2 aromatic heterocycles. The molecule has 1 fully saturated rings. The van der Waals surface area contributed by atoms with Crippen LogP contribution >= 0.6 is 11.3 Å². The van der Waals surface area contributed by atoms with Gasteiger partial charge in [0.1, 0.15) is 12.0 Å². The first-order chi connectivity index (χ1) is 7.33. The van der Waals surface area contributed by atoms with Gasteiger partial charge >= 0.3 is 0 Å². The third-order valence-corrected chi connectivity index (χ3v) is 3.17. The predicted molar refractivity (Wildman–Crippen MR) is 58.3 cm³/mol. The minimum Gasteiger partial charge on any atom is -0.375 e. The number of aromatic nitrogens is 4. The van der Waals surface area contributed by atoms with E-state index in [1.54, 1.807) is 6.33 Å². The zero-order chi connectivity index (χ0) is 10.3. The second-order valence-electron chi connectivity index (χ2n) is 3.78. The van der Waals surface area contributed by atoms with Gasteiger partial charge in [0.15, 0.2) is 11.0 Å². The molecule has 2 N–H and O–H groups in total. The number of nitrogens with zero attached hydrogens (tertiary/aromatic N) is 4. The molecular formula is C9H11N5S. The van der Waals surface area contributed by atoms with Crippen LogP contribution in [0.4, 0.5) is 5.13 Å². The SMILES string of the molecule is Nc1nc(-c2ncnn2CC2CC2)cs1. The molecule has 0 aliphatic heterocycles. The molecule has 6 heteroatoms. The quantitative estimate of drug-likeness (QED) is 0.850. The van der Waals surface area contributed by atoms with Gasteiger partial charge in [-0.2, -0.15) is 5.10 Å². The molecule has 0 amide bonds. The largest absolute Gasteiger partial charge is 0.375 e. The third kappa shape index (κ3) is 1.72. The highest BCUT2D eigenvalue weighted by atomic mass is 32.1. The molecule has 0 radical (unpaired) electrons. The van der Waals surface area contributed by atoms with Gasteiger partial charge in [0.25, 0.3) is 0 Å². The smallest absolute Gasteiger partial charge is 0.180 e. The van der Waals surface area contributed by atoms with Gasteiger partial charge in [-0.15, -0.1) is 11.3 Å². The van der Waals surface area contributed by atoms with Crippen LogP contribution in [-0.2, 0) is 6.54 Å². The monoisotopic (exact) mass is 221 g/mol. The van der Waals surface area contributed by atoms with E-state index in [1.807, 2.05) is 10.1 Å². The summed E-state index contributed by atoms with van der Waals surface area (Å²) in [6.07, 6.45) is 4.18. The molecule has 78 valence electrons. The summed E-state index contributed by atoms with van der Waals surface area (Å²) in [4.78, 5) is 8.44. The number of hydrogen-bond acceptors (Lipinski definition) is 5. The van der Waals surface area contributed by atoms with Crippen LogP contribution in [0, 0.1) is 5.92 Å². The first-order valence-electron chi connectivity index (χ1n) is 4.92. The number of nitrogen functional groups attached to an aromatic ring is 1. The van der Waals surface area contributed by atoms with Gasteiger partial charge in [0.05, 0.1) is 0 Å². The molecule has 0 bridgehead atoms. The molecule has 0 atom stereocenters. The van der Waals surface area contributed by atoms with Crippen molar-refractivity contribution in [1.29, 1.82) is 0 Å². The first-order valence-corrected chi connectivity index (χ1v) is 5.80. The Balaban J connectivity index is 1.92. The lowest BCUT2D eigenvalue weighted by atomic mass is 10.4. The first kappa shape index (κ1) is 8.84. The van der Waals surface area contributed by atoms with Crippen molar-refractivity contribution < 1.29 is 0 Å². The van der Waals surface area contributed by atoms with E-state index in [0.29, 0.717) is 5.13 Å². The minimum atomic E-state index is 0.575. The normalized spacial score (nSPS) is 15.7. The van der Waals surface area contributed by atoms with E-state index in [0.717, 1.165) is 24.0 Å². The molecule has 0 unspecified atom stereocenters. The molecule has 0 saturated heterocycles. The fourth-order valence-corrected chi connectivity index (χ4v) is 2.07. The Kier molecular flexibility index (Phi) is 1.95. The van der Waals surface area contributed by atoms with Gasteiger partial charge in [-0.3, -0.25) is 0 Å². The van der Waals surface area contributed by atoms with Crippen LogP contribution in [0.3, 0.4) is 0 Å². The maximum Gasteiger partial charge on any atom is 0.180 e. The minimum absolute atomic E-state index is 0.575. The molecule has 1 aliphatic carbocycles. The predicted octanol–water partition coefficient (Wildman–Crippen LogP) is 1.39. The summed E-state index contributed by atoms with van der Waals surface area (Å²) in [6, 6.07) is 0. The number of hydrogen-bond donors (Lipinski definition) is 1. The van der Waals surface area contributed by atoms with Crippen molar-refractivity contribution in [3.8, 4) is 11.5 Å². The van der Waals surface area contributed by atoms with Crippen molar-refractivity contribution >= 4 is 16.5 Å². The van der Waals surface area contributed by atoms with Crippen LogP contribution in [0.25, 0.3) is 11.5 Å². The lowest BCUT2D eigenvalue weighted by molar-refractivity contribution is 0.567. The summed E-state index contributed by atoms with van der Waals surface area (Å²) in [7, 11) is 0. The van der Waals surface area contributed by atoms with Crippen molar-refractivity contribution in [2.45, 2.75) is 19.4 Å². The van der Waals surface area contributed by atoms with E-state index >= 15 is 0 Å². The molecule has 2 heterocycles. The van der Waals surface area contributed by atoms with Crippen molar-refractivity contribution in [1.82, 2.24) is 19.7 Å². The summed E-state index contributed by atoms with van der Waals surface area (Å²) >= 11 is 1.43. The van der Waals surface area contributed by atoms with E-state index in [-0.39, 0.29) is 0 Å². The Hall–Kier alpha value is -1.43. The summed E-state index contributed by atoms with van der Waals surface area (Å²) in [5, 5.41) is 6.71. The highest BCUT2D eigenvalue weighted by Crippen LogP contribution is 2.31. The molecule has 0 aromatic carbocycles. The fourth-order valence-electron chi connectivity index (χ4n) is 1.53. The molecule has 15 heavy (non-hydrogen) atoms. The number of thiazole rings is 1. The Bertz CT molecular complexity index is 470. The molecule has 2 aromatic rings. The molecule has 5 nitrogen and oxygen atoms in total. The summed E-state index contributed by atoms with van der Waals surface area (Å²) in [5.41, 5.74) is 6.43. The zero-order valence-corrected chi connectivity index (χ0v) is 8.94. The van der Waals surface area contributed by atoms with Crippen LogP contribution in [0.1, 0.15) is 12.8 Å². The average molecular weight is 221 g/mol. The van der Waals surface area contributed by atoms with Crippen LogP contribution in [0.5, 0.6) is 0 Å². The van der Waals surface area contributed by atoms with Crippen molar-refractivity contribution in [3.05, 3.63) is 11.7 Å². The molecule has 3 rings (SSSR count). The van der Waals surface area contributed by atoms with Gasteiger partial charge in [0.2, 0.25) is 0 Å². The van der Waals surface area contributed by atoms with Crippen molar-refractivity contribution in [3.63, 3.8) is 0 Å². The average Bonchev–Trinajstić information content (AvgIpc) is 2.73. The summed E-state index contributed by atoms with van der Waals surface area (Å²) in [6.45, 7) is 0.951. The van der Waals surface area contributed by atoms with Crippen LogP contribution in [0.2, 0.25) is 0 Å². The van der Waals surface area contributed by atoms with E-state index < -0.39 is 0 Å². The second-order valence-corrected chi connectivity index (χ2v) is 4.67. The molecule has 1 aliphatic rings. The zero-order valence-electron chi connectivity index (χ0n) is 8.13. The van der Waals surface area contributed by atoms with Crippen molar-refractivity contribution in [2.75, 3.05) is 5.73 Å². The maximum absolute atomic E-state index is 5.60. The number of anilines is 1. The Morgan fingerprint density at radius 2 is 2.40 bits per heavy atom. The van der Waals surface area contributed by atoms with E-state index in [2.05, 4.69) is 15.1 Å². The molecule has 1 saturated carbocycles. The highest BCUT2D eigenvalue weighted by Gasteiger charge is 2.24. The summed E-state index contributed by atoms with van der Waals surface area (Å²) < 4.78 is 1.92. The van der Waals surface area contributed by atoms with E-state index in [9.17, 15) is 0 Å². The fraction of sp³-hybridized carbons (Fsp3) is 0.444. The maximum atomic E-state index is 5.60. The number of nitrogens with two attached hydrogens (primary N) is 1. The third-order valence-electron chi connectivity index (χ3n) is 2.49. The molecule has 0 spiro atoms. The summed E-state index contributed by atoms with van der Waals surface area (Å²) in [5.74, 6) is 1.61. The standard InChI is InChI=1S/C9H11N5S/c10-9-13-7(4-15-9)8-11-5-12-14(8)3-6-1-2-6/h4-6H,1-3H2,(H2,10,13).